The van der Waals surface area contributed by atoms with Gasteiger partial charge in [-0.3, -0.25) is 0 Å². The van der Waals surface area contributed by atoms with E-state index in [9.17, 15) is 0 Å². The number of aryl methyl sites for hydroxylation is 1. The highest BCUT2D eigenvalue weighted by molar-refractivity contribution is 6.29. The molecule has 3 heteroatoms. The van der Waals surface area contributed by atoms with Gasteiger partial charge in [-0.25, -0.2) is 9.97 Å². The van der Waals surface area contributed by atoms with Crippen molar-refractivity contribution in [1.82, 2.24) is 9.97 Å². The van der Waals surface area contributed by atoms with E-state index in [0.29, 0.717) is 11.1 Å². The molecule has 0 aliphatic carbocycles. The van der Waals surface area contributed by atoms with Crippen LogP contribution >= 0.6 is 11.6 Å². The summed E-state index contributed by atoms with van der Waals surface area (Å²) in [5.74, 6) is 1.43. The van der Waals surface area contributed by atoms with Crippen molar-refractivity contribution in [2.24, 2.45) is 5.92 Å². The van der Waals surface area contributed by atoms with Gasteiger partial charge < -0.3 is 0 Å². The molecule has 0 saturated carbocycles. The van der Waals surface area contributed by atoms with Gasteiger partial charge >= 0.3 is 0 Å². The minimum atomic E-state index is 0.558. The summed E-state index contributed by atoms with van der Waals surface area (Å²) in [7, 11) is 0. The fourth-order valence-electron chi connectivity index (χ4n) is 1.15. The standard InChI is InChI=1S/C10H15ClN2/c1-4-8-6-9(11)13-10(12-8)5-7(2)3/h6-7H,4-5H2,1-3H3. The number of hydrogen-bond acceptors (Lipinski definition) is 2. The summed E-state index contributed by atoms with van der Waals surface area (Å²) in [5.41, 5.74) is 1.02. The molecule has 1 heterocycles. The van der Waals surface area contributed by atoms with Crippen molar-refractivity contribution in [1.29, 1.82) is 0 Å². The molecule has 72 valence electrons. The minimum absolute atomic E-state index is 0.558. The predicted octanol–water partition coefficient (Wildman–Crippen LogP) is 2.89. The van der Waals surface area contributed by atoms with Gasteiger partial charge in [0.25, 0.3) is 0 Å². The first-order chi connectivity index (χ1) is 6.11. The van der Waals surface area contributed by atoms with E-state index in [2.05, 4.69) is 30.7 Å². The van der Waals surface area contributed by atoms with Crippen LogP contribution in [0.1, 0.15) is 32.3 Å². The lowest BCUT2D eigenvalue weighted by Crippen LogP contribution is -2.03. The Bertz CT molecular complexity index is 284. The third-order valence-electron chi connectivity index (χ3n) is 1.75. The van der Waals surface area contributed by atoms with Crippen molar-refractivity contribution in [2.75, 3.05) is 0 Å². The fraction of sp³-hybridized carbons (Fsp3) is 0.600. The van der Waals surface area contributed by atoms with Crippen LogP contribution in [-0.4, -0.2) is 9.97 Å². The van der Waals surface area contributed by atoms with Crippen LogP contribution < -0.4 is 0 Å². The molecule has 0 aromatic carbocycles. The Morgan fingerprint density at radius 3 is 2.62 bits per heavy atom. The molecule has 0 N–H and O–H groups in total. The molecule has 0 aliphatic heterocycles. The first-order valence-electron chi connectivity index (χ1n) is 4.64. The molecule has 1 aromatic heterocycles. The molecule has 0 fully saturated rings. The lowest BCUT2D eigenvalue weighted by atomic mass is 10.1. The van der Waals surface area contributed by atoms with E-state index in [0.717, 1.165) is 24.4 Å². The SMILES string of the molecule is CCc1cc(Cl)nc(CC(C)C)n1. The van der Waals surface area contributed by atoms with E-state index in [1.807, 2.05) is 6.07 Å². The zero-order valence-electron chi connectivity index (χ0n) is 8.34. The molecule has 0 saturated heterocycles. The first-order valence-corrected chi connectivity index (χ1v) is 5.02. The third-order valence-corrected chi connectivity index (χ3v) is 1.94. The van der Waals surface area contributed by atoms with Gasteiger partial charge in [0.05, 0.1) is 0 Å². The average molecular weight is 199 g/mol. The van der Waals surface area contributed by atoms with E-state index in [-0.39, 0.29) is 0 Å². The van der Waals surface area contributed by atoms with Crippen LogP contribution in [-0.2, 0) is 12.8 Å². The molecule has 2 nitrogen and oxygen atoms in total. The van der Waals surface area contributed by atoms with Gasteiger partial charge in [-0.05, 0) is 18.4 Å². The molecule has 0 unspecified atom stereocenters. The molecule has 0 spiro atoms. The van der Waals surface area contributed by atoms with Gasteiger partial charge in [-0.1, -0.05) is 32.4 Å². The lowest BCUT2D eigenvalue weighted by Gasteiger charge is -2.05. The summed E-state index contributed by atoms with van der Waals surface area (Å²) in [6, 6.07) is 1.82. The van der Waals surface area contributed by atoms with Crippen LogP contribution in [0.2, 0.25) is 5.15 Å². The highest BCUT2D eigenvalue weighted by atomic mass is 35.5. The smallest absolute Gasteiger partial charge is 0.133 e. The average Bonchev–Trinajstić information content (AvgIpc) is 2.01. The maximum atomic E-state index is 5.86. The molecule has 0 bridgehead atoms. The topological polar surface area (TPSA) is 25.8 Å². The van der Waals surface area contributed by atoms with E-state index in [1.54, 1.807) is 0 Å². The van der Waals surface area contributed by atoms with Gasteiger partial charge in [0.1, 0.15) is 11.0 Å². The molecular weight excluding hydrogens is 184 g/mol. The van der Waals surface area contributed by atoms with E-state index in [1.165, 1.54) is 0 Å². The van der Waals surface area contributed by atoms with E-state index >= 15 is 0 Å². The molecule has 0 atom stereocenters. The zero-order chi connectivity index (χ0) is 9.84. The molecule has 1 aromatic rings. The minimum Gasteiger partial charge on any atom is -0.238 e. The Morgan fingerprint density at radius 1 is 1.38 bits per heavy atom. The van der Waals surface area contributed by atoms with Crippen molar-refractivity contribution >= 4 is 11.6 Å². The summed E-state index contributed by atoms with van der Waals surface area (Å²) >= 11 is 5.86. The highest BCUT2D eigenvalue weighted by Gasteiger charge is 2.04. The van der Waals surface area contributed by atoms with E-state index in [4.69, 9.17) is 11.6 Å². The largest absolute Gasteiger partial charge is 0.238 e. The molecule has 0 aliphatic rings. The zero-order valence-corrected chi connectivity index (χ0v) is 9.10. The summed E-state index contributed by atoms with van der Waals surface area (Å²) in [5, 5.41) is 0.558. The second kappa shape index (κ2) is 4.56. The number of hydrogen-bond donors (Lipinski definition) is 0. The van der Waals surface area contributed by atoms with Gasteiger partial charge in [-0.15, -0.1) is 0 Å². The summed E-state index contributed by atoms with van der Waals surface area (Å²) in [6.07, 6.45) is 1.81. The maximum absolute atomic E-state index is 5.86. The second-order valence-electron chi connectivity index (χ2n) is 3.55. The Morgan fingerprint density at radius 2 is 2.08 bits per heavy atom. The van der Waals surface area contributed by atoms with Gasteiger partial charge in [0.15, 0.2) is 0 Å². The Kier molecular flexibility index (Phi) is 3.67. The molecule has 0 radical (unpaired) electrons. The second-order valence-corrected chi connectivity index (χ2v) is 3.94. The van der Waals surface area contributed by atoms with Crippen molar-refractivity contribution in [2.45, 2.75) is 33.6 Å². The van der Waals surface area contributed by atoms with Crippen molar-refractivity contribution < 1.29 is 0 Å². The number of rotatable bonds is 3. The Balaban J connectivity index is 2.88. The Labute approximate surface area is 84.4 Å². The van der Waals surface area contributed by atoms with Crippen molar-refractivity contribution in [3.63, 3.8) is 0 Å². The molecule has 1 rings (SSSR count). The van der Waals surface area contributed by atoms with Gasteiger partial charge in [0, 0.05) is 12.1 Å². The molecular formula is C10H15ClN2. The van der Waals surface area contributed by atoms with Crippen LogP contribution in [0.3, 0.4) is 0 Å². The third kappa shape index (κ3) is 3.31. The van der Waals surface area contributed by atoms with Gasteiger partial charge in [0.2, 0.25) is 0 Å². The first kappa shape index (κ1) is 10.5. The van der Waals surface area contributed by atoms with Crippen LogP contribution in [0.5, 0.6) is 0 Å². The maximum Gasteiger partial charge on any atom is 0.133 e. The van der Waals surface area contributed by atoms with Gasteiger partial charge in [-0.2, -0.15) is 0 Å². The Hall–Kier alpha value is -0.630. The quantitative estimate of drug-likeness (QED) is 0.698. The normalized spacial score (nSPS) is 10.8. The van der Waals surface area contributed by atoms with Crippen molar-refractivity contribution in [3.8, 4) is 0 Å². The van der Waals surface area contributed by atoms with Crippen LogP contribution in [0.25, 0.3) is 0 Å². The highest BCUT2D eigenvalue weighted by Crippen LogP contribution is 2.10. The predicted molar refractivity (Wildman–Crippen MR) is 55.0 cm³/mol. The summed E-state index contributed by atoms with van der Waals surface area (Å²) in [4.78, 5) is 8.57. The molecule has 0 amide bonds. The molecule has 13 heavy (non-hydrogen) atoms. The lowest BCUT2D eigenvalue weighted by molar-refractivity contribution is 0.617. The van der Waals surface area contributed by atoms with Crippen LogP contribution in [0.4, 0.5) is 0 Å². The van der Waals surface area contributed by atoms with E-state index < -0.39 is 0 Å². The number of aromatic nitrogens is 2. The van der Waals surface area contributed by atoms with Crippen molar-refractivity contribution in [3.05, 3.63) is 22.7 Å². The fourth-order valence-corrected chi connectivity index (χ4v) is 1.38. The summed E-state index contributed by atoms with van der Waals surface area (Å²) in [6.45, 7) is 6.36. The van der Waals surface area contributed by atoms with Crippen LogP contribution in [0.15, 0.2) is 6.07 Å². The number of halogens is 1. The van der Waals surface area contributed by atoms with Crippen LogP contribution in [0, 0.1) is 5.92 Å². The summed E-state index contributed by atoms with van der Waals surface area (Å²) < 4.78 is 0. The number of nitrogens with zero attached hydrogens (tertiary/aromatic N) is 2. The monoisotopic (exact) mass is 198 g/mol.